The lowest BCUT2D eigenvalue weighted by Crippen LogP contribution is -2.54. The number of amides is 1. The third-order valence-corrected chi connectivity index (χ3v) is 6.55. The van der Waals surface area contributed by atoms with Crippen LogP contribution in [0.2, 0.25) is 5.02 Å². The lowest BCUT2D eigenvalue weighted by molar-refractivity contribution is -0.161. The number of aliphatic carboxylic acids is 1. The molecule has 0 bridgehead atoms. The number of hydrogen-bond acceptors (Lipinski definition) is 3. The molecule has 1 aromatic carbocycles. The summed E-state index contributed by atoms with van der Waals surface area (Å²) in [5, 5.41) is 11.8. The number of nitrogens with zero attached hydrogens (tertiary/aromatic N) is 1. The first kappa shape index (κ1) is 17.4. The van der Waals surface area contributed by atoms with Gasteiger partial charge in [-0.2, -0.15) is 0 Å². The van der Waals surface area contributed by atoms with Crippen LogP contribution < -0.4 is 0 Å². The number of aromatic amines is 1. The summed E-state index contributed by atoms with van der Waals surface area (Å²) < 4.78 is 5.08. The molecule has 1 amide bonds. The van der Waals surface area contributed by atoms with Crippen molar-refractivity contribution in [2.45, 2.75) is 31.7 Å². The molecule has 0 radical (unpaired) electrons. The Morgan fingerprint density at radius 3 is 2.75 bits per heavy atom. The van der Waals surface area contributed by atoms with Crippen LogP contribution in [0.15, 0.2) is 41.2 Å². The van der Waals surface area contributed by atoms with E-state index >= 15 is 0 Å². The quantitative estimate of drug-likeness (QED) is 0.684. The van der Waals surface area contributed by atoms with Crippen LogP contribution in [-0.4, -0.2) is 33.4 Å². The Balaban J connectivity index is 1.70. The second kappa shape index (κ2) is 6.14. The van der Waals surface area contributed by atoms with Crippen LogP contribution in [0.1, 0.15) is 46.9 Å². The maximum atomic E-state index is 13.2. The normalized spacial score (nSPS) is 20.6. The molecule has 1 fully saturated rings. The molecule has 6 nitrogen and oxygen atoms in total. The van der Waals surface area contributed by atoms with Crippen molar-refractivity contribution in [2.24, 2.45) is 5.41 Å². The van der Waals surface area contributed by atoms with Crippen molar-refractivity contribution in [3.8, 4) is 0 Å². The van der Waals surface area contributed by atoms with E-state index in [2.05, 4.69) is 4.98 Å². The Hall–Kier alpha value is -2.73. The highest BCUT2D eigenvalue weighted by atomic mass is 35.5. The number of carbonyl (C=O) groups excluding carboxylic acids is 1. The lowest BCUT2D eigenvalue weighted by atomic mass is 9.61. The first-order chi connectivity index (χ1) is 13.5. The highest BCUT2D eigenvalue weighted by Crippen LogP contribution is 2.55. The Morgan fingerprint density at radius 2 is 2.11 bits per heavy atom. The fourth-order valence-corrected chi connectivity index (χ4v) is 4.94. The standard InChI is InChI=1S/C21H19ClN2O4/c22-13-2-3-16-15(10-13)14-4-8-24(19(25)12-5-9-28-11-12)18(17(14)23-16)21(20(26)27)6-1-7-21/h2-3,5,9-11,18,23H,1,4,6-8H2,(H,26,27). The molecule has 0 saturated heterocycles. The Labute approximate surface area is 166 Å². The minimum absolute atomic E-state index is 0.200. The smallest absolute Gasteiger partial charge is 0.312 e. The summed E-state index contributed by atoms with van der Waals surface area (Å²) in [6, 6.07) is 6.70. The molecule has 3 aromatic rings. The van der Waals surface area contributed by atoms with E-state index in [1.54, 1.807) is 11.0 Å². The van der Waals surface area contributed by atoms with Crippen molar-refractivity contribution < 1.29 is 19.1 Å². The van der Waals surface area contributed by atoms with Gasteiger partial charge in [-0.25, -0.2) is 0 Å². The molecule has 28 heavy (non-hydrogen) atoms. The third-order valence-electron chi connectivity index (χ3n) is 6.31. The predicted octanol–water partition coefficient (Wildman–Crippen LogP) is 4.41. The highest BCUT2D eigenvalue weighted by molar-refractivity contribution is 6.31. The second-order valence-corrected chi connectivity index (χ2v) is 8.12. The molecule has 1 atom stereocenters. The number of carbonyl (C=O) groups is 2. The van der Waals surface area contributed by atoms with E-state index in [0.717, 1.165) is 28.6 Å². The van der Waals surface area contributed by atoms with Crippen molar-refractivity contribution in [1.82, 2.24) is 9.88 Å². The van der Waals surface area contributed by atoms with Crippen LogP contribution in [-0.2, 0) is 11.2 Å². The fourth-order valence-electron chi connectivity index (χ4n) is 4.77. The number of hydrogen-bond donors (Lipinski definition) is 2. The molecule has 5 rings (SSSR count). The molecule has 0 spiro atoms. The zero-order chi connectivity index (χ0) is 19.5. The number of nitrogens with one attached hydrogen (secondary N) is 1. The number of furan rings is 1. The molecule has 1 unspecified atom stereocenters. The monoisotopic (exact) mass is 398 g/mol. The number of carboxylic acids is 1. The van der Waals surface area contributed by atoms with Crippen molar-refractivity contribution >= 4 is 34.4 Å². The third kappa shape index (κ3) is 2.34. The molecule has 1 aliphatic carbocycles. The van der Waals surface area contributed by atoms with E-state index in [1.807, 2.05) is 18.2 Å². The fraction of sp³-hybridized carbons (Fsp3) is 0.333. The summed E-state index contributed by atoms with van der Waals surface area (Å²) >= 11 is 6.20. The summed E-state index contributed by atoms with van der Waals surface area (Å²) in [4.78, 5) is 30.7. The summed E-state index contributed by atoms with van der Waals surface area (Å²) in [5.74, 6) is -1.05. The van der Waals surface area contributed by atoms with Crippen molar-refractivity contribution in [3.05, 3.63) is 58.6 Å². The maximum Gasteiger partial charge on any atom is 0.312 e. The van der Waals surface area contributed by atoms with Gasteiger partial charge < -0.3 is 19.4 Å². The van der Waals surface area contributed by atoms with Gasteiger partial charge in [0.2, 0.25) is 0 Å². The molecular formula is C21H19ClN2O4. The average Bonchev–Trinajstić information content (AvgIpc) is 3.28. The number of rotatable bonds is 3. The van der Waals surface area contributed by atoms with E-state index in [1.165, 1.54) is 12.5 Å². The van der Waals surface area contributed by atoms with Gasteiger partial charge in [0.05, 0.1) is 23.3 Å². The van der Waals surface area contributed by atoms with E-state index in [0.29, 0.717) is 36.4 Å². The van der Waals surface area contributed by atoms with E-state index in [-0.39, 0.29) is 5.91 Å². The van der Waals surface area contributed by atoms with Crippen LogP contribution >= 0.6 is 11.6 Å². The Kier molecular flexibility index (Phi) is 3.81. The molecule has 2 aliphatic rings. The van der Waals surface area contributed by atoms with Gasteiger partial charge in [0.1, 0.15) is 6.26 Å². The highest BCUT2D eigenvalue weighted by Gasteiger charge is 2.56. The van der Waals surface area contributed by atoms with Gasteiger partial charge in [0, 0.05) is 28.2 Å². The first-order valence-corrected chi connectivity index (χ1v) is 9.75. The lowest BCUT2D eigenvalue weighted by Gasteiger charge is -2.50. The van der Waals surface area contributed by atoms with Crippen molar-refractivity contribution in [1.29, 1.82) is 0 Å². The van der Waals surface area contributed by atoms with Gasteiger partial charge in [0.15, 0.2) is 0 Å². The molecule has 2 N–H and O–H groups in total. The van der Waals surface area contributed by atoms with Crippen LogP contribution in [0.5, 0.6) is 0 Å². The van der Waals surface area contributed by atoms with Crippen LogP contribution in [0.4, 0.5) is 0 Å². The number of H-pyrrole nitrogens is 1. The summed E-state index contributed by atoms with van der Waals surface area (Å²) in [6.45, 7) is 0.455. The van der Waals surface area contributed by atoms with Gasteiger partial charge in [-0.3, -0.25) is 9.59 Å². The molecule has 1 aliphatic heterocycles. The van der Waals surface area contributed by atoms with Gasteiger partial charge in [-0.05, 0) is 49.1 Å². The van der Waals surface area contributed by atoms with Crippen LogP contribution in [0, 0.1) is 5.41 Å². The van der Waals surface area contributed by atoms with Crippen molar-refractivity contribution in [3.63, 3.8) is 0 Å². The van der Waals surface area contributed by atoms with Gasteiger partial charge in [-0.1, -0.05) is 18.0 Å². The van der Waals surface area contributed by atoms with Crippen LogP contribution in [0.25, 0.3) is 10.9 Å². The summed E-state index contributed by atoms with van der Waals surface area (Å²) in [7, 11) is 0. The molecule has 3 heterocycles. The first-order valence-electron chi connectivity index (χ1n) is 9.38. The minimum Gasteiger partial charge on any atom is -0.481 e. The maximum absolute atomic E-state index is 13.2. The second-order valence-electron chi connectivity index (χ2n) is 7.69. The zero-order valence-corrected chi connectivity index (χ0v) is 15.8. The molecule has 7 heteroatoms. The van der Waals surface area contributed by atoms with Gasteiger partial charge >= 0.3 is 5.97 Å². The Morgan fingerprint density at radius 1 is 1.29 bits per heavy atom. The molecule has 2 aromatic heterocycles. The van der Waals surface area contributed by atoms with Gasteiger partial charge in [-0.15, -0.1) is 0 Å². The van der Waals surface area contributed by atoms with Crippen LogP contribution in [0.3, 0.4) is 0 Å². The molecular weight excluding hydrogens is 380 g/mol. The minimum atomic E-state index is -0.973. The SMILES string of the molecule is O=C(c1ccoc1)N1CCc2c([nH]c3ccc(Cl)cc23)C1C1(C(=O)O)CCC1. The number of carboxylic acid groups (broad SMARTS) is 1. The van der Waals surface area contributed by atoms with Crippen molar-refractivity contribution in [2.75, 3.05) is 6.54 Å². The topological polar surface area (TPSA) is 86.5 Å². The summed E-state index contributed by atoms with van der Waals surface area (Å²) in [6.07, 6.45) is 5.46. The largest absolute Gasteiger partial charge is 0.481 e. The molecule has 1 saturated carbocycles. The number of fused-ring (bicyclic) bond motifs is 3. The summed E-state index contributed by atoms with van der Waals surface area (Å²) in [5.41, 5.74) is 2.26. The average molecular weight is 399 g/mol. The number of aromatic nitrogens is 1. The number of halogens is 1. The zero-order valence-electron chi connectivity index (χ0n) is 15.1. The van der Waals surface area contributed by atoms with E-state index in [9.17, 15) is 14.7 Å². The van der Waals surface area contributed by atoms with E-state index < -0.39 is 17.4 Å². The predicted molar refractivity (Wildman–Crippen MR) is 103 cm³/mol. The number of benzene rings is 1. The van der Waals surface area contributed by atoms with Gasteiger partial charge in [0.25, 0.3) is 5.91 Å². The van der Waals surface area contributed by atoms with E-state index in [4.69, 9.17) is 16.0 Å². The Bertz CT molecular complexity index is 1080. The molecule has 144 valence electrons.